The Morgan fingerprint density at radius 2 is 1.97 bits per heavy atom. The Morgan fingerprint density at radius 3 is 2.78 bits per heavy atom. The van der Waals surface area contributed by atoms with Crippen LogP contribution in [0.2, 0.25) is 0 Å². The van der Waals surface area contributed by atoms with Crippen LogP contribution >= 0.6 is 0 Å². The Bertz CT molecular complexity index is 1030. The molecule has 1 aliphatic rings. The van der Waals surface area contributed by atoms with Crippen molar-refractivity contribution in [2.75, 3.05) is 13.7 Å². The van der Waals surface area contributed by atoms with E-state index in [0.717, 1.165) is 60.6 Å². The van der Waals surface area contributed by atoms with E-state index in [-0.39, 0.29) is 6.04 Å². The largest absolute Gasteiger partial charge is 0.457 e. The highest BCUT2D eigenvalue weighted by Gasteiger charge is 2.22. The molecule has 0 aliphatic carbocycles. The fourth-order valence-electron chi connectivity index (χ4n) is 3.70. The minimum atomic E-state index is 0.230. The molecular formula is C24H30N6O2. The second-order valence-electron chi connectivity index (χ2n) is 7.66. The number of aliphatic imine (C=N–C) groups is 1. The van der Waals surface area contributed by atoms with Crippen molar-refractivity contribution >= 4 is 5.96 Å². The Balaban J connectivity index is 1.43. The Labute approximate surface area is 188 Å². The van der Waals surface area contributed by atoms with Gasteiger partial charge < -0.3 is 20.1 Å². The van der Waals surface area contributed by atoms with Crippen LogP contribution in [-0.2, 0) is 30.9 Å². The van der Waals surface area contributed by atoms with Crippen LogP contribution in [0.4, 0.5) is 0 Å². The average Bonchev–Trinajstić information content (AvgIpc) is 3.21. The molecule has 0 radical (unpaired) electrons. The van der Waals surface area contributed by atoms with Gasteiger partial charge in [0.1, 0.15) is 23.9 Å². The molecule has 2 heterocycles. The first kappa shape index (κ1) is 21.8. The highest BCUT2D eigenvalue weighted by molar-refractivity contribution is 5.80. The summed E-state index contributed by atoms with van der Waals surface area (Å²) < 4.78 is 13.2. The molecule has 0 amide bonds. The number of fused-ring (bicyclic) bond motifs is 1. The number of benzene rings is 2. The maximum absolute atomic E-state index is 6.07. The van der Waals surface area contributed by atoms with Crippen LogP contribution in [0.25, 0.3) is 0 Å². The van der Waals surface area contributed by atoms with E-state index in [1.807, 2.05) is 59.3 Å². The topological polar surface area (TPSA) is 85.6 Å². The van der Waals surface area contributed by atoms with Gasteiger partial charge in [-0.1, -0.05) is 36.4 Å². The lowest BCUT2D eigenvalue weighted by atomic mass is 10.1. The monoisotopic (exact) mass is 434 g/mol. The number of para-hydroxylation sites is 2. The van der Waals surface area contributed by atoms with Crippen LogP contribution in [0, 0.1) is 0 Å². The fourth-order valence-corrected chi connectivity index (χ4v) is 3.70. The van der Waals surface area contributed by atoms with Crippen LogP contribution in [0.3, 0.4) is 0 Å². The second kappa shape index (κ2) is 10.8. The van der Waals surface area contributed by atoms with E-state index in [2.05, 4.69) is 27.6 Å². The minimum absolute atomic E-state index is 0.230. The number of nitrogens with one attached hydrogen (secondary N) is 2. The third-order valence-corrected chi connectivity index (χ3v) is 5.21. The molecule has 8 heteroatoms. The average molecular weight is 435 g/mol. The summed E-state index contributed by atoms with van der Waals surface area (Å²) >= 11 is 0. The molecule has 32 heavy (non-hydrogen) atoms. The van der Waals surface area contributed by atoms with Crippen molar-refractivity contribution in [2.45, 2.75) is 45.5 Å². The summed E-state index contributed by atoms with van der Waals surface area (Å²) in [4.78, 5) is 9.37. The van der Waals surface area contributed by atoms with Gasteiger partial charge in [-0.15, -0.1) is 0 Å². The first-order chi connectivity index (χ1) is 15.7. The molecule has 0 fully saturated rings. The summed E-state index contributed by atoms with van der Waals surface area (Å²) in [5, 5.41) is 11.5. The molecule has 2 aromatic carbocycles. The van der Waals surface area contributed by atoms with Crippen molar-refractivity contribution < 1.29 is 9.47 Å². The van der Waals surface area contributed by atoms with Gasteiger partial charge in [-0.05, 0) is 31.5 Å². The minimum Gasteiger partial charge on any atom is -0.457 e. The standard InChI is InChI=1S/C24H30N6O2/c1-3-25-24(27-19-13-14-23-28-22(17-31-2)29-30(23)16-19)26-15-18-9-7-8-12-21(18)32-20-10-5-4-6-11-20/h4-12,19H,3,13-17H2,1-2H3,(H2,25,26,27). The van der Waals surface area contributed by atoms with E-state index in [1.54, 1.807) is 7.11 Å². The van der Waals surface area contributed by atoms with Crippen LogP contribution in [0.1, 0.15) is 30.6 Å². The zero-order valence-electron chi connectivity index (χ0n) is 18.6. The van der Waals surface area contributed by atoms with Gasteiger partial charge in [0, 0.05) is 31.7 Å². The van der Waals surface area contributed by atoms with Crippen molar-refractivity contribution in [1.82, 2.24) is 25.4 Å². The Morgan fingerprint density at radius 1 is 1.16 bits per heavy atom. The number of aryl methyl sites for hydroxylation is 1. The van der Waals surface area contributed by atoms with Crippen LogP contribution in [-0.4, -0.2) is 40.4 Å². The van der Waals surface area contributed by atoms with E-state index in [1.165, 1.54) is 0 Å². The number of guanidine groups is 1. The van der Waals surface area contributed by atoms with E-state index in [4.69, 9.17) is 14.5 Å². The van der Waals surface area contributed by atoms with E-state index >= 15 is 0 Å². The SMILES string of the molecule is CCNC(=NCc1ccccc1Oc1ccccc1)NC1CCc2nc(COC)nn2C1. The van der Waals surface area contributed by atoms with Gasteiger partial charge in [0.15, 0.2) is 11.8 Å². The van der Waals surface area contributed by atoms with Crippen molar-refractivity contribution in [3.63, 3.8) is 0 Å². The molecule has 0 spiro atoms. The number of hydrogen-bond donors (Lipinski definition) is 2. The zero-order chi connectivity index (χ0) is 22.2. The summed E-state index contributed by atoms with van der Waals surface area (Å²) in [6.45, 7) is 4.55. The first-order valence-corrected chi connectivity index (χ1v) is 11.0. The number of hydrogen-bond acceptors (Lipinski definition) is 5. The van der Waals surface area contributed by atoms with Gasteiger partial charge in [-0.3, -0.25) is 0 Å². The third kappa shape index (κ3) is 5.64. The molecule has 0 saturated carbocycles. The molecule has 8 nitrogen and oxygen atoms in total. The lowest BCUT2D eigenvalue weighted by Crippen LogP contribution is -2.47. The van der Waals surface area contributed by atoms with Gasteiger partial charge in [-0.25, -0.2) is 14.7 Å². The number of rotatable bonds is 8. The van der Waals surface area contributed by atoms with Crippen molar-refractivity contribution in [1.29, 1.82) is 0 Å². The molecule has 1 atom stereocenters. The molecule has 1 aliphatic heterocycles. The smallest absolute Gasteiger partial charge is 0.191 e. The molecule has 168 valence electrons. The maximum atomic E-state index is 6.07. The molecule has 0 bridgehead atoms. The fraction of sp³-hybridized carbons (Fsp3) is 0.375. The molecular weight excluding hydrogens is 404 g/mol. The zero-order valence-corrected chi connectivity index (χ0v) is 18.6. The van der Waals surface area contributed by atoms with E-state index in [9.17, 15) is 0 Å². The molecule has 3 aromatic rings. The van der Waals surface area contributed by atoms with E-state index < -0.39 is 0 Å². The highest BCUT2D eigenvalue weighted by Crippen LogP contribution is 2.25. The summed E-state index contributed by atoms with van der Waals surface area (Å²) in [5.74, 6) is 4.16. The van der Waals surface area contributed by atoms with Crippen molar-refractivity contribution in [3.8, 4) is 11.5 Å². The number of ether oxygens (including phenoxy) is 2. The third-order valence-electron chi connectivity index (χ3n) is 5.21. The quantitative estimate of drug-likeness (QED) is 0.418. The summed E-state index contributed by atoms with van der Waals surface area (Å²) in [6, 6.07) is 18.0. The summed E-state index contributed by atoms with van der Waals surface area (Å²) in [5.41, 5.74) is 1.03. The molecule has 4 rings (SSSR count). The predicted octanol–water partition coefficient (Wildman–Crippen LogP) is 3.29. The van der Waals surface area contributed by atoms with Crippen molar-refractivity contribution in [2.24, 2.45) is 4.99 Å². The predicted molar refractivity (Wildman–Crippen MR) is 124 cm³/mol. The molecule has 2 N–H and O–H groups in total. The normalized spacial score (nSPS) is 15.8. The number of methoxy groups -OCH3 is 1. The summed E-state index contributed by atoms with van der Waals surface area (Å²) in [6.07, 6.45) is 1.85. The van der Waals surface area contributed by atoms with Crippen LogP contribution in [0.5, 0.6) is 11.5 Å². The first-order valence-electron chi connectivity index (χ1n) is 11.0. The number of nitrogens with zero attached hydrogens (tertiary/aromatic N) is 4. The van der Waals surface area contributed by atoms with Gasteiger partial charge in [-0.2, -0.15) is 5.10 Å². The summed E-state index contributed by atoms with van der Waals surface area (Å²) in [7, 11) is 1.66. The molecule has 1 unspecified atom stereocenters. The number of aromatic nitrogens is 3. The van der Waals surface area contributed by atoms with Crippen LogP contribution < -0.4 is 15.4 Å². The lowest BCUT2D eigenvalue weighted by Gasteiger charge is -2.25. The van der Waals surface area contributed by atoms with E-state index in [0.29, 0.717) is 13.2 Å². The second-order valence-corrected chi connectivity index (χ2v) is 7.66. The lowest BCUT2D eigenvalue weighted by molar-refractivity contribution is 0.177. The molecule has 1 aromatic heterocycles. The molecule has 0 saturated heterocycles. The Hall–Kier alpha value is -3.39. The maximum Gasteiger partial charge on any atom is 0.191 e. The van der Waals surface area contributed by atoms with Gasteiger partial charge in [0.05, 0.1) is 13.1 Å². The van der Waals surface area contributed by atoms with Gasteiger partial charge >= 0.3 is 0 Å². The van der Waals surface area contributed by atoms with Crippen LogP contribution in [0.15, 0.2) is 59.6 Å². The highest BCUT2D eigenvalue weighted by atomic mass is 16.5. The van der Waals surface area contributed by atoms with Gasteiger partial charge in [0.25, 0.3) is 0 Å². The van der Waals surface area contributed by atoms with Crippen molar-refractivity contribution in [3.05, 3.63) is 71.8 Å². The Kier molecular flexibility index (Phi) is 7.34. The van der Waals surface area contributed by atoms with Gasteiger partial charge in [0.2, 0.25) is 0 Å².